The lowest BCUT2D eigenvalue weighted by molar-refractivity contribution is 0.577. The number of hydrogen-bond donors (Lipinski definition) is 1. The molecule has 0 aliphatic carbocycles. The van der Waals surface area contributed by atoms with E-state index in [2.05, 4.69) is 32.2 Å². The smallest absolute Gasteiger partial charge is 0.141 e. The van der Waals surface area contributed by atoms with E-state index in [1.807, 2.05) is 12.1 Å². The van der Waals surface area contributed by atoms with E-state index in [4.69, 9.17) is 0 Å². The van der Waals surface area contributed by atoms with Crippen LogP contribution in [0.5, 0.6) is 0 Å². The van der Waals surface area contributed by atoms with E-state index in [0.717, 1.165) is 36.1 Å². The Morgan fingerprint density at radius 2 is 2.20 bits per heavy atom. The van der Waals surface area contributed by atoms with Gasteiger partial charge in [-0.2, -0.15) is 5.26 Å². The Morgan fingerprint density at radius 3 is 2.80 bits per heavy atom. The Bertz CT molecular complexity index is 567. The summed E-state index contributed by atoms with van der Waals surface area (Å²) in [5, 5.41) is 12.6. The summed E-state index contributed by atoms with van der Waals surface area (Å²) in [6.45, 7) is 7.11. The van der Waals surface area contributed by atoms with Gasteiger partial charge in [0.1, 0.15) is 11.9 Å². The Kier molecular flexibility index (Phi) is 4.57. The lowest BCUT2D eigenvalue weighted by atomic mass is 9.89. The normalized spacial score (nSPS) is 18.8. The highest BCUT2D eigenvalue weighted by Crippen LogP contribution is 2.29. The van der Waals surface area contributed by atoms with Crippen molar-refractivity contribution in [1.29, 1.82) is 5.26 Å². The molecule has 106 valence electrons. The van der Waals surface area contributed by atoms with E-state index >= 15 is 0 Å². The molecule has 0 bridgehead atoms. The van der Waals surface area contributed by atoms with Crippen molar-refractivity contribution in [2.75, 3.05) is 6.54 Å². The zero-order valence-corrected chi connectivity index (χ0v) is 12.3. The second-order valence-electron chi connectivity index (χ2n) is 5.95. The van der Waals surface area contributed by atoms with Crippen LogP contribution in [-0.4, -0.2) is 12.6 Å². The first-order valence-corrected chi connectivity index (χ1v) is 7.16. The van der Waals surface area contributed by atoms with Crippen LogP contribution in [0, 0.1) is 23.1 Å². The Labute approximate surface area is 120 Å². The zero-order valence-electron chi connectivity index (χ0n) is 12.3. The largest absolute Gasteiger partial charge is 0.310 e. The number of halogens is 1. The van der Waals surface area contributed by atoms with Crippen molar-refractivity contribution in [3.8, 4) is 6.07 Å². The van der Waals surface area contributed by atoms with Crippen molar-refractivity contribution in [2.45, 2.75) is 39.7 Å². The Balaban J connectivity index is 2.47. The van der Waals surface area contributed by atoms with Crippen LogP contribution in [0.4, 0.5) is 4.39 Å². The van der Waals surface area contributed by atoms with Crippen LogP contribution in [0.2, 0.25) is 0 Å². The lowest BCUT2D eigenvalue weighted by Gasteiger charge is -2.22. The Hall–Kier alpha value is -1.66. The number of hydrogen-bond acceptors (Lipinski definition) is 2. The van der Waals surface area contributed by atoms with Gasteiger partial charge >= 0.3 is 0 Å². The minimum Gasteiger partial charge on any atom is -0.310 e. The van der Waals surface area contributed by atoms with E-state index in [9.17, 15) is 9.65 Å². The maximum Gasteiger partial charge on any atom is 0.141 e. The van der Waals surface area contributed by atoms with Crippen LogP contribution < -0.4 is 5.32 Å². The summed E-state index contributed by atoms with van der Waals surface area (Å²) in [6.07, 6.45) is 3.73. The monoisotopic (exact) mass is 272 g/mol. The van der Waals surface area contributed by atoms with E-state index in [-0.39, 0.29) is 5.56 Å². The van der Waals surface area contributed by atoms with Crippen LogP contribution in [0.3, 0.4) is 0 Å². The summed E-state index contributed by atoms with van der Waals surface area (Å²) in [4.78, 5) is 0. The molecule has 3 heteroatoms. The molecule has 0 aromatic heterocycles. The average Bonchev–Trinajstić information content (AvgIpc) is 2.37. The van der Waals surface area contributed by atoms with Crippen LogP contribution >= 0.6 is 0 Å². The van der Waals surface area contributed by atoms with E-state index in [1.165, 1.54) is 6.07 Å². The third-order valence-corrected chi connectivity index (χ3v) is 3.59. The molecule has 1 heterocycles. The minimum atomic E-state index is -0.396. The van der Waals surface area contributed by atoms with Gasteiger partial charge in [0, 0.05) is 12.6 Å². The van der Waals surface area contributed by atoms with Crippen LogP contribution in [0.15, 0.2) is 18.2 Å². The molecular weight excluding hydrogens is 251 g/mol. The maximum absolute atomic E-state index is 14.1. The lowest BCUT2D eigenvalue weighted by Crippen LogP contribution is -2.30. The third-order valence-electron chi connectivity index (χ3n) is 3.59. The highest BCUT2D eigenvalue weighted by molar-refractivity contribution is 5.72. The van der Waals surface area contributed by atoms with Crippen LogP contribution in [0.25, 0.3) is 5.57 Å². The standard InChI is InChI=1S/C17H21FN2/c1-11(2)6-13-8-15(16(10-19)17(18)9-13)14-4-5-20-12(3)7-14/h4,8-9,11-12,20H,5-7H2,1-3H3/t12-/m0/s1. The molecule has 0 fully saturated rings. The van der Waals surface area contributed by atoms with E-state index in [1.54, 1.807) is 0 Å². The van der Waals surface area contributed by atoms with E-state index in [0.29, 0.717) is 12.0 Å². The summed E-state index contributed by atoms with van der Waals surface area (Å²) in [5.41, 5.74) is 3.00. The Morgan fingerprint density at radius 1 is 1.45 bits per heavy atom. The van der Waals surface area contributed by atoms with Crippen LogP contribution in [0.1, 0.15) is 43.9 Å². The molecule has 0 radical (unpaired) electrons. The van der Waals surface area contributed by atoms with Gasteiger partial charge in [0.15, 0.2) is 0 Å². The first kappa shape index (κ1) is 14.7. The summed E-state index contributed by atoms with van der Waals surface area (Å²) in [7, 11) is 0. The molecule has 1 aliphatic rings. The fourth-order valence-electron chi connectivity index (χ4n) is 2.71. The summed E-state index contributed by atoms with van der Waals surface area (Å²) >= 11 is 0. The van der Waals surface area contributed by atoms with Gasteiger partial charge in [0.2, 0.25) is 0 Å². The zero-order chi connectivity index (χ0) is 14.7. The van der Waals surface area contributed by atoms with Crippen molar-refractivity contribution in [3.63, 3.8) is 0 Å². The van der Waals surface area contributed by atoms with Gasteiger partial charge in [-0.1, -0.05) is 19.9 Å². The summed E-state index contributed by atoms with van der Waals surface area (Å²) in [5.74, 6) is 0.0730. The highest BCUT2D eigenvalue weighted by Gasteiger charge is 2.18. The molecule has 0 unspecified atom stereocenters. The average molecular weight is 272 g/mol. The van der Waals surface area contributed by atoms with Crippen molar-refractivity contribution in [2.24, 2.45) is 5.92 Å². The SMILES string of the molecule is CC(C)Cc1cc(F)c(C#N)c(C2=CCN[C@@H](C)C2)c1. The van der Waals surface area contributed by atoms with Crippen molar-refractivity contribution < 1.29 is 4.39 Å². The van der Waals surface area contributed by atoms with Crippen molar-refractivity contribution >= 4 is 5.57 Å². The minimum absolute atomic E-state index is 0.179. The number of nitriles is 1. The van der Waals surface area contributed by atoms with Crippen molar-refractivity contribution in [3.05, 3.63) is 40.7 Å². The topological polar surface area (TPSA) is 35.8 Å². The summed E-state index contributed by atoms with van der Waals surface area (Å²) < 4.78 is 14.1. The predicted molar refractivity (Wildman–Crippen MR) is 79.7 cm³/mol. The number of rotatable bonds is 3. The molecule has 0 spiro atoms. The highest BCUT2D eigenvalue weighted by atomic mass is 19.1. The van der Waals surface area contributed by atoms with Gasteiger partial charge in [-0.25, -0.2) is 4.39 Å². The maximum atomic E-state index is 14.1. The second kappa shape index (κ2) is 6.19. The van der Waals surface area contributed by atoms with Crippen molar-refractivity contribution in [1.82, 2.24) is 5.32 Å². The fraction of sp³-hybridized carbons (Fsp3) is 0.471. The van der Waals surface area contributed by atoms with Gasteiger partial charge in [0.25, 0.3) is 0 Å². The molecule has 20 heavy (non-hydrogen) atoms. The molecule has 0 saturated heterocycles. The quantitative estimate of drug-likeness (QED) is 0.911. The molecule has 1 aliphatic heterocycles. The number of nitrogens with one attached hydrogen (secondary N) is 1. The molecule has 2 rings (SSSR count). The molecule has 1 aromatic carbocycles. The molecule has 1 N–H and O–H groups in total. The summed E-state index contributed by atoms with van der Waals surface area (Å²) in [6, 6.07) is 5.88. The molecule has 1 aromatic rings. The van der Waals surface area contributed by atoms with E-state index < -0.39 is 5.82 Å². The molecule has 0 amide bonds. The van der Waals surface area contributed by atoms with Crippen LogP contribution in [-0.2, 0) is 6.42 Å². The third kappa shape index (κ3) is 3.26. The predicted octanol–water partition coefficient (Wildman–Crippen LogP) is 3.66. The van der Waals surface area contributed by atoms with Gasteiger partial charge < -0.3 is 5.32 Å². The molecule has 1 atom stereocenters. The van der Waals surface area contributed by atoms with Gasteiger partial charge in [0.05, 0.1) is 5.56 Å². The molecule has 2 nitrogen and oxygen atoms in total. The number of nitrogens with zero attached hydrogens (tertiary/aromatic N) is 1. The van der Waals surface area contributed by atoms with Gasteiger partial charge in [-0.3, -0.25) is 0 Å². The van der Waals surface area contributed by atoms with Gasteiger partial charge in [-0.05, 0) is 54.5 Å². The van der Waals surface area contributed by atoms with Gasteiger partial charge in [-0.15, -0.1) is 0 Å². The molecular formula is C17H21FN2. The number of benzene rings is 1. The first-order chi connectivity index (χ1) is 9.51. The molecule has 0 saturated carbocycles. The first-order valence-electron chi connectivity index (χ1n) is 7.16. The second-order valence-corrected chi connectivity index (χ2v) is 5.95. The fourth-order valence-corrected chi connectivity index (χ4v) is 2.71.